The Labute approximate surface area is 125 Å². The van der Waals surface area contributed by atoms with E-state index in [0.29, 0.717) is 23.3 Å². The van der Waals surface area contributed by atoms with Gasteiger partial charge >= 0.3 is 0 Å². The first-order valence-corrected chi connectivity index (χ1v) is 7.46. The number of nitrogens with zero attached hydrogens (tertiary/aromatic N) is 4. The highest BCUT2D eigenvalue weighted by Gasteiger charge is 2.28. The molecule has 0 spiro atoms. The summed E-state index contributed by atoms with van der Waals surface area (Å²) in [4.78, 5) is 12.6. The van der Waals surface area contributed by atoms with E-state index in [4.69, 9.17) is 4.52 Å². The van der Waals surface area contributed by atoms with Crippen LogP contribution in [0.1, 0.15) is 45.9 Å². The molecule has 0 bridgehead atoms. The minimum absolute atomic E-state index is 0.180. The molecule has 0 aliphatic rings. The van der Waals surface area contributed by atoms with Gasteiger partial charge in [0.15, 0.2) is 0 Å². The lowest BCUT2D eigenvalue weighted by Crippen LogP contribution is -2.35. The van der Waals surface area contributed by atoms with Crippen LogP contribution in [0.5, 0.6) is 0 Å². The summed E-state index contributed by atoms with van der Waals surface area (Å²) in [5.74, 6) is 1.76. The molecule has 0 aromatic carbocycles. The number of aromatic nitrogens is 4. The molecular weight excluding hydrogens is 266 g/mol. The second-order valence-corrected chi connectivity index (χ2v) is 5.56. The van der Waals surface area contributed by atoms with Crippen molar-refractivity contribution in [2.45, 2.75) is 46.1 Å². The average Bonchev–Trinajstić information content (AvgIpc) is 2.95. The monoisotopic (exact) mass is 289 g/mol. The number of hydrogen-bond donors (Lipinski definition) is 1. The van der Waals surface area contributed by atoms with E-state index in [9.17, 15) is 0 Å². The summed E-state index contributed by atoms with van der Waals surface area (Å²) in [5, 5.41) is 7.56. The maximum atomic E-state index is 5.48. The van der Waals surface area contributed by atoms with Gasteiger partial charge in [-0.15, -0.1) is 0 Å². The van der Waals surface area contributed by atoms with Crippen LogP contribution in [-0.4, -0.2) is 32.7 Å². The first-order valence-electron chi connectivity index (χ1n) is 7.46. The van der Waals surface area contributed by atoms with Crippen LogP contribution in [-0.2, 0) is 0 Å². The first-order chi connectivity index (χ1) is 10.1. The van der Waals surface area contributed by atoms with Crippen molar-refractivity contribution >= 4 is 0 Å². The SMILES string of the molecule is CCCNC(C)C(c1nc(-c2ccncn2)no1)C(C)C. The molecule has 2 aromatic heterocycles. The van der Waals surface area contributed by atoms with Crippen LogP contribution in [0.4, 0.5) is 0 Å². The Morgan fingerprint density at radius 3 is 2.71 bits per heavy atom. The second-order valence-electron chi connectivity index (χ2n) is 5.56. The van der Waals surface area contributed by atoms with Gasteiger partial charge in [-0.3, -0.25) is 0 Å². The summed E-state index contributed by atoms with van der Waals surface area (Å²) in [6.07, 6.45) is 4.26. The molecule has 0 radical (unpaired) electrons. The highest BCUT2D eigenvalue weighted by atomic mass is 16.5. The van der Waals surface area contributed by atoms with Gasteiger partial charge in [0.1, 0.15) is 12.0 Å². The van der Waals surface area contributed by atoms with Gasteiger partial charge in [0, 0.05) is 12.2 Å². The fraction of sp³-hybridized carbons (Fsp3) is 0.600. The van der Waals surface area contributed by atoms with Gasteiger partial charge in [-0.25, -0.2) is 9.97 Å². The zero-order chi connectivity index (χ0) is 15.2. The van der Waals surface area contributed by atoms with Crippen LogP contribution < -0.4 is 5.32 Å². The van der Waals surface area contributed by atoms with Crippen LogP contribution in [0.25, 0.3) is 11.5 Å². The molecule has 1 N–H and O–H groups in total. The molecule has 114 valence electrons. The molecule has 6 nitrogen and oxygen atoms in total. The minimum Gasteiger partial charge on any atom is -0.339 e. The first kappa shape index (κ1) is 15.6. The Morgan fingerprint density at radius 1 is 1.29 bits per heavy atom. The van der Waals surface area contributed by atoms with Crippen molar-refractivity contribution in [1.82, 2.24) is 25.4 Å². The van der Waals surface area contributed by atoms with Crippen molar-refractivity contribution in [3.8, 4) is 11.5 Å². The van der Waals surface area contributed by atoms with Crippen molar-refractivity contribution in [3.63, 3.8) is 0 Å². The van der Waals surface area contributed by atoms with E-state index in [1.807, 2.05) is 0 Å². The van der Waals surface area contributed by atoms with E-state index in [-0.39, 0.29) is 12.0 Å². The van der Waals surface area contributed by atoms with Gasteiger partial charge < -0.3 is 9.84 Å². The third-order valence-electron chi connectivity index (χ3n) is 3.51. The summed E-state index contributed by atoms with van der Waals surface area (Å²) >= 11 is 0. The van der Waals surface area contributed by atoms with Gasteiger partial charge in [0.05, 0.1) is 5.92 Å². The fourth-order valence-corrected chi connectivity index (χ4v) is 2.47. The van der Waals surface area contributed by atoms with Crippen molar-refractivity contribution in [1.29, 1.82) is 0 Å². The lowest BCUT2D eigenvalue weighted by Gasteiger charge is -2.24. The molecule has 0 aliphatic carbocycles. The number of rotatable bonds is 7. The summed E-state index contributed by atoms with van der Waals surface area (Å²) in [6.45, 7) is 9.64. The zero-order valence-electron chi connectivity index (χ0n) is 13.1. The van der Waals surface area contributed by atoms with E-state index < -0.39 is 0 Å². The van der Waals surface area contributed by atoms with Gasteiger partial charge in [-0.2, -0.15) is 4.98 Å². The maximum Gasteiger partial charge on any atom is 0.231 e. The molecule has 0 saturated heterocycles. The standard InChI is InChI=1S/C15H23N5O/c1-5-7-17-11(4)13(10(2)3)15-19-14(20-21-15)12-6-8-16-9-18-12/h6,8-11,13,17H,5,7H2,1-4H3. The van der Waals surface area contributed by atoms with E-state index in [1.54, 1.807) is 12.3 Å². The third kappa shape index (κ3) is 3.85. The Kier molecular flexibility index (Phi) is 5.38. The van der Waals surface area contributed by atoms with Crippen LogP contribution in [0.3, 0.4) is 0 Å². The number of nitrogens with one attached hydrogen (secondary N) is 1. The lowest BCUT2D eigenvalue weighted by atomic mass is 9.89. The van der Waals surface area contributed by atoms with Crippen LogP contribution in [0.15, 0.2) is 23.1 Å². The summed E-state index contributed by atoms with van der Waals surface area (Å²) < 4.78 is 5.48. The molecule has 2 unspecified atom stereocenters. The third-order valence-corrected chi connectivity index (χ3v) is 3.51. The molecule has 2 aromatic rings. The molecule has 2 rings (SSSR count). The normalized spacial score (nSPS) is 14.3. The van der Waals surface area contributed by atoms with E-state index in [1.165, 1.54) is 6.33 Å². The molecule has 2 heterocycles. The van der Waals surface area contributed by atoms with E-state index in [2.05, 4.69) is 53.1 Å². The summed E-state index contributed by atoms with van der Waals surface area (Å²) in [6, 6.07) is 2.06. The van der Waals surface area contributed by atoms with Crippen molar-refractivity contribution in [3.05, 3.63) is 24.5 Å². The van der Waals surface area contributed by atoms with Crippen LogP contribution in [0.2, 0.25) is 0 Å². The Hall–Kier alpha value is -1.82. The Balaban J connectivity index is 2.20. The predicted octanol–water partition coefficient (Wildman–Crippen LogP) is 2.65. The lowest BCUT2D eigenvalue weighted by molar-refractivity contribution is 0.280. The smallest absolute Gasteiger partial charge is 0.231 e. The van der Waals surface area contributed by atoms with Gasteiger partial charge in [-0.05, 0) is 31.9 Å². The molecule has 0 amide bonds. The highest BCUT2D eigenvalue weighted by molar-refractivity contribution is 5.46. The largest absolute Gasteiger partial charge is 0.339 e. The molecular formula is C15H23N5O. The Bertz CT molecular complexity index is 540. The van der Waals surface area contributed by atoms with Crippen molar-refractivity contribution < 1.29 is 4.52 Å². The fourth-order valence-electron chi connectivity index (χ4n) is 2.47. The molecule has 21 heavy (non-hydrogen) atoms. The van der Waals surface area contributed by atoms with Gasteiger partial charge in [0.25, 0.3) is 0 Å². The molecule has 0 aliphatic heterocycles. The minimum atomic E-state index is 0.180. The highest BCUT2D eigenvalue weighted by Crippen LogP contribution is 2.28. The zero-order valence-corrected chi connectivity index (χ0v) is 13.1. The summed E-state index contributed by atoms with van der Waals surface area (Å²) in [5.41, 5.74) is 0.677. The van der Waals surface area contributed by atoms with Crippen LogP contribution >= 0.6 is 0 Å². The Morgan fingerprint density at radius 2 is 2.10 bits per heavy atom. The van der Waals surface area contributed by atoms with E-state index >= 15 is 0 Å². The predicted molar refractivity (Wildman–Crippen MR) is 80.7 cm³/mol. The molecule has 0 fully saturated rings. The average molecular weight is 289 g/mol. The van der Waals surface area contributed by atoms with E-state index in [0.717, 1.165) is 13.0 Å². The molecule has 2 atom stereocenters. The van der Waals surface area contributed by atoms with Crippen LogP contribution in [0, 0.1) is 5.92 Å². The summed E-state index contributed by atoms with van der Waals surface area (Å²) in [7, 11) is 0. The topological polar surface area (TPSA) is 76.7 Å². The molecule has 0 saturated carbocycles. The van der Waals surface area contributed by atoms with Gasteiger partial charge in [-0.1, -0.05) is 25.9 Å². The van der Waals surface area contributed by atoms with Gasteiger partial charge in [0.2, 0.25) is 11.7 Å². The molecule has 6 heteroatoms. The van der Waals surface area contributed by atoms with Crippen molar-refractivity contribution in [2.24, 2.45) is 5.92 Å². The number of hydrogen-bond acceptors (Lipinski definition) is 6. The maximum absolute atomic E-state index is 5.48. The quantitative estimate of drug-likeness (QED) is 0.844. The van der Waals surface area contributed by atoms with Crippen molar-refractivity contribution in [2.75, 3.05) is 6.54 Å². The second kappa shape index (κ2) is 7.26.